The molecule has 0 bridgehead atoms. The van der Waals surface area contributed by atoms with Gasteiger partial charge in [-0.15, -0.1) is 0 Å². The number of aryl methyl sites for hydroxylation is 1. The Hall–Kier alpha value is -1.16. The molecular formula is C6H5ClN2O2. The van der Waals surface area contributed by atoms with Crippen LogP contribution in [0.3, 0.4) is 0 Å². The van der Waals surface area contributed by atoms with Crippen LogP contribution in [-0.2, 0) is 0 Å². The average Bonchev–Trinajstić information content (AvgIpc) is 1.85. The molecule has 0 aliphatic rings. The first-order valence-corrected chi connectivity index (χ1v) is 3.21. The van der Waals surface area contributed by atoms with Crippen molar-refractivity contribution in [3.63, 3.8) is 0 Å². The molecule has 1 aromatic heterocycles. The molecule has 5 heteroatoms. The van der Waals surface area contributed by atoms with E-state index in [0.29, 0.717) is 5.82 Å². The Labute approximate surface area is 67.9 Å². The van der Waals surface area contributed by atoms with Crippen molar-refractivity contribution >= 4 is 17.6 Å². The second-order valence-corrected chi connectivity index (χ2v) is 2.28. The lowest BCUT2D eigenvalue weighted by Gasteiger charge is -1.96. The fraction of sp³-hybridized carbons (Fsp3) is 0.167. The lowest BCUT2D eigenvalue weighted by molar-refractivity contribution is 0.0696. The molecule has 58 valence electrons. The summed E-state index contributed by atoms with van der Waals surface area (Å²) in [6, 6.07) is 0. The van der Waals surface area contributed by atoms with E-state index in [-0.39, 0.29) is 10.7 Å². The van der Waals surface area contributed by atoms with Crippen LogP contribution in [0, 0.1) is 6.92 Å². The molecule has 0 fully saturated rings. The molecule has 0 spiro atoms. The van der Waals surface area contributed by atoms with Crippen LogP contribution >= 0.6 is 11.6 Å². The van der Waals surface area contributed by atoms with E-state index >= 15 is 0 Å². The summed E-state index contributed by atoms with van der Waals surface area (Å²) in [5.41, 5.74) is -0.0720. The number of carboxylic acid groups (broad SMARTS) is 1. The zero-order valence-electron chi connectivity index (χ0n) is 5.71. The predicted molar refractivity (Wildman–Crippen MR) is 38.7 cm³/mol. The molecule has 4 nitrogen and oxygen atoms in total. The van der Waals surface area contributed by atoms with Gasteiger partial charge in [-0.3, -0.25) is 0 Å². The van der Waals surface area contributed by atoms with Gasteiger partial charge in [0.15, 0.2) is 0 Å². The zero-order valence-corrected chi connectivity index (χ0v) is 6.46. The normalized spacial score (nSPS) is 9.64. The Bertz CT molecular complexity index is 301. The van der Waals surface area contributed by atoms with Crippen LogP contribution < -0.4 is 0 Å². The van der Waals surface area contributed by atoms with Crippen LogP contribution in [0.4, 0.5) is 0 Å². The highest BCUT2D eigenvalue weighted by Gasteiger charge is 2.09. The van der Waals surface area contributed by atoms with Crippen molar-refractivity contribution in [2.24, 2.45) is 0 Å². The van der Waals surface area contributed by atoms with Gasteiger partial charge in [0.2, 0.25) is 0 Å². The van der Waals surface area contributed by atoms with E-state index in [1.54, 1.807) is 6.92 Å². The molecule has 1 N–H and O–H groups in total. The lowest BCUT2D eigenvalue weighted by Crippen LogP contribution is -2.01. The van der Waals surface area contributed by atoms with Crippen molar-refractivity contribution < 1.29 is 9.90 Å². The van der Waals surface area contributed by atoms with Gasteiger partial charge >= 0.3 is 5.97 Å². The van der Waals surface area contributed by atoms with Gasteiger partial charge in [-0.1, -0.05) is 11.6 Å². The van der Waals surface area contributed by atoms with Crippen molar-refractivity contribution in [3.8, 4) is 0 Å². The number of carbonyl (C=O) groups is 1. The number of rotatable bonds is 1. The summed E-state index contributed by atoms with van der Waals surface area (Å²) in [7, 11) is 0. The topological polar surface area (TPSA) is 63.1 Å². The third kappa shape index (κ3) is 1.65. The van der Waals surface area contributed by atoms with E-state index in [1.807, 2.05) is 0 Å². The molecule has 0 saturated heterocycles. The Morgan fingerprint density at radius 2 is 2.36 bits per heavy atom. The fourth-order valence-electron chi connectivity index (χ4n) is 0.586. The average molecular weight is 173 g/mol. The number of aromatic carboxylic acids is 1. The second-order valence-electron chi connectivity index (χ2n) is 1.93. The van der Waals surface area contributed by atoms with Crippen LogP contribution in [-0.4, -0.2) is 21.0 Å². The molecule has 1 heterocycles. The number of hydrogen-bond donors (Lipinski definition) is 1. The van der Waals surface area contributed by atoms with Gasteiger partial charge in [-0.05, 0) is 6.92 Å². The van der Waals surface area contributed by atoms with Gasteiger partial charge in [0.25, 0.3) is 0 Å². The number of carboxylic acids is 1. The standard InChI is InChI=1S/C6H5ClN2O2/c1-3-8-2-4(6(10)11)5(7)9-3/h2H,1H3,(H,10,11). The van der Waals surface area contributed by atoms with E-state index in [2.05, 4.69) is 9.97 Å². The highest BCUT2D eigenvalue weighted by atomic mass is 35.5. The summed E-state index contributed by atoms with van der Waals surface area (Å²) < 4.78 is 0. The predicted octanol–water partition coefficient (Wildman–Crippen LogP) is 1.14. The second kappa shape index (κ2) is 2.84. The molecule has 0 aliphatic heterocycles. The minimum absolute atomic E-state index is 0.0231. The molecule has 0 unspecified atom stereocenters. The first kappa shape index (κ1) is 7.94. The maximum atomic E-state index is 10.4. The van der Waals surface area contributed by atoms with Crippen LogP contribution in [0.2, 0.25) is 5.15 Å². The molecular weight excluding hydrogens is 168 g/mol. The summed E-state index contributed by atoms with van der Waals surface area (Å²) in [4.78, 5) is 17.7. The van der Waals surface area contributed by atoms with Crippen LogP contribution in [0.5, 0.6) is 0 Å². The Morgan fingerprint density at radius 1 is 1.73 bits per heavy atom. The number of nitrogens with zero attached hydrogens (tertiary/aromatic N) is 2. The summed E-state index contributed by atoms with van der Waals surface area (Å²) >= 11 is 5.49. The number of hydrogen-bond acceptors (Lipinski definition) is 3. The molecule has 0 saturated carbocycles. The maximum absolute atomic E-state index is 10.4. The third-order valence-electron chi connectivity index (χ3n) is 1.09. The largest absolute Gasteiger partial charge is 0.478 e. The fourth-order valence-corrected chi connectivity index (χ4v) is 0.838. The van der Waals surface area contributed by atoms with Gasteiger partial charge in [-0.25, -0.2) is 14.8 Å². The minimum Gasteiger partial charge on any atom is -0.478 e. The first-order valence-electron chi connectivity index (χ1n) is 2.83. The smallest absolute Gasteiger partial charge is 0.340 e. The summed E-state index contributed by atoms with van der Waals surface area (Å²) in [6.07, 6.45) is 1.19. The zero-order chi connectivity index (χ0) is 8.43. The van der Waals surface area contributed by atoms with Gasteiger partial charge in [-0.2, -0.15) is 0 Å². The lowest BCUT2D eigenvalue weighted by atomic mass is 10.3. The monoisotopic (exact) mass is 172 g/mol. The summed E-state index contributed by atoms with van der Waals surface area (Å²) in [5.74, 6) is -0.657. The Kier molecular flexibility index (Phi) is 2.05. The molecule has 0 atom stereocenters. The molecule has 11 heavy (non-hydrogen) atoms. The van der Waals surface area contributed by atoms with E-state index < -0.39 is 5.97 Å². The molecule has 1 rings (SSSR count). The highest BCUT2D eigenvalue weighted by Crippen LogP contribution is 2.10. The summed E-state index contributed by atoms with van der Waals surface area (Å²) in [5, 5.41) is 8.47. The van der Waals surface area contributed by atoms with Crippen molar-refractivity contribution in [1.82, 2.24) is 9.97 Å². The number of halogens is 1. The van der Waals surface area contributed by atoms with Crippen LogP contribution in [0.25, 0.3) is 0 Å². The molecule has 0 radical (unpaired) electrons. The summed E-state index contributed by atoms with van der Waals surface area (Å²) in [6.45, 7) is 1.64. The SMILES string of the molecule is Cc1ncc(C(=O)O)c(Cl)n1. The van der Waals surface area contributed by atoms with Gasteiger partial charge in [0, 0.05) is 6.20 Å². The van der Waals surface area contributed by atoms with Gasteiger partial charge in [0.05, 0.1) is 0 Å². The van der Waals surface area contributed by atoms with E-state index in [0.717, 1.165) is 0 Å². The van der Waals surface area contributed by atoms with Crippen molar-refractivity contribution in [2.45, 2.75) is 6.92 Å². The van der Waals surface area contributed by atoms with Crippen LogP contribution in [0.1, 0.15) is 16.2 Å². The van der Waals surface area contributed by atoms with Crippen molar-refractivity contribution in [3.05, 3.63) is 22.7 Å². The maximum Gasteiger partial charge on any atom is 0.340 e. The van der Waals surface area contributed by atoms with E-state index in [9.17, 15) is 4.79 Å². The quantitative estimate of drug-likeness (QED) is 0.646. The Balaban J connectivity index is 3.20. The first-order chi connectivity index (χ1) is 5.11. The molecule has 1 aromatic rings. The minimum atomic E-state index is -1.12. The van der Waals surface area contributed by atoms with E-state index in [1.165, 1.54) is 6.20 Å². The molecule has 0 aromatic carbocycles. The molecule has 0 amide bonds. The van der Waals surface area contributed by atoms with Gasteiger partial charge in [0.1, 0.15) is 16.5 Å². The van der Waals surface area contributed by atoms with Crippen molar-refractivity contribution in [1.29, 1.82) is 0 Å². The van der Waals surface area contributed by atoms with Crippen LogP contribution in [0.15, 0.2) is 6.20 Å². The third-order valence-corrected chi connectivity index (χ3v) is 1.38. The molecule has 0 aliphatic carbocycles. The van der Waals surface area contributed by atoms with Gasteiger partial charge < -0.3 is 5.11 Å². The van der Waals surface area contributed by atoms with Crippen molar-refractivity contribution in [2.75, 3.05) is 0 Å². The Morgan fingerprint density at radius 3 is 2.82 bits per heavy atom. The van der Waals surface area contributed by atoms with E-state index in [4.69, 9.17) is 16.7 Å². The number of aromatic nitrogens is 2. The highest BCUT2D eigenvalue weighted by molar-refractivity contribution is 6.32.